The molecule has 0 aliphatic carbocycles. The van der Waals surface area contributed by atoms with Gasteiger partial charge in [-0.15, -0.1) is 11.3 Å². The van der Waals surface area contributed by atoms with Crippen LogP contribution in [0, 0.1) is 5.92 Å². The van der Waals surface area contributed by atoms with E-state index in [1.54, 1.807) is 5.51 Å². The van der Waals surface area contributed by atoms with Gasteiger partial charge < -0.3 is 10.6 Å². The molecule has 2 rings (SSSR count). The number of nitrogens with zero attached hydrogens (tertiary/aromatic N) is 1. The number of hydrogen-bond donors (Lipinski definition) is 2. The van der Waals surface area contributed by atoms with Crippen LogP contribution < -0.4 is 10.6 Å². The first-order valence-electron chi connectivity index (χ1n) is 6.85. The van der Waals surface area contributed by atoms with Crippen LogP contribution >= 0.6 is 11.3 Å². The molecule has 4 nitrogen and oxygen atoms in total. The molecule has 2 atom stereocenters. The topological polar surface area (TPSA) is 54.0 Å². The van der Waals surface area contributed by atoms with Crippen molar-refractivity contribution < 1.29 is 4.79 Å². The maximum Gasteiger partial charge on any atom is 0.263 e. The zero-order valence-corrected chi connectivity index (χ0v) is 12.9. The van der Waals surface area contributed by atoms with Gasteiger partial charge in [-0.05, 0) is 18.9 Å². The Morgan fingerprint density at radius 2 is 2.26 bits per heavy atom. The Kier molecular flexibility index (Phi) is 4.26. The van der Waals surface area contributed by atoms with Gasteiger partial charge in [-0.25, -0.2) is 4.98 Å². The molecule has 1 aromatic rings. The van der Waals surface area contributed by atoms with E-state index >= 15 is 0 Å². The summed E-state index contributed by atoms with van der Waals surface area (Å²) in [4.78, 5) is 17.5. The van der Waals surface area contributed by atoms with Crippen molar-refractivity contribution in [3.63, 3.8) is 0 Å². The van der Waals surface area contributed by atoms with Crippen LogP contribution in [-0.2, 0) is 5.41 Å². The molecule has 2 unspecified atom stereocenters. The Bertz CT molecular complexity index is 450. The molecule has 0 radical (unpaired) electrons. The molecule has 0 saturated carbocycles. The smallest absolute Gasteiger partial charge is 0.263 e. The fourth-order valence-corrected chi connectivity index (χ4v) is 3.26. The van der Waals surface area contributed by atoms with E-state index in [2.05, 4.69) is 43.3 Å². The highest BCUT2D eigenvalue weighted by Gasteiger charge is 2.28. The predicted molar refractivity (Wildman–Crippen MR) is 78.7 cm³/mol. The highest BCUT2D eigenvalue weighted by Crippen LogP contribution is 2.27. The van der Waals surface area contributed by atoms with Crippen molar-refractivity contribution in [1.29, 1.82) is 0 Å². The van der Waals surface area contributed by atoms with Gasteiger partial charge in [0, 0.05) is 18.0 Å². The quantitative estimate of drug-likeness (QED) is 0.873. The summed E-state index contributed by atoms with van der Waals surface area (Å²) < 4.78 is 0. The second-order valence-electron chi connectivity index (χ2n) is 6.33. The second kappa shape index (κ2) is 5.59. The first-order chi connectivity index (χ1) is 8.89. The number of hydrogen-bond acceptors (Lipinski definition) is 4. The lowest BCUT2D eigenvalue weighted by Crippen LogP contribution is -2.50. The molecular weight excluding hydrogens is 258 g/mol. The summed E-state index contributed by atoms with van der Waals surface area (Å²) in [5, 5.41) is 6.49. The highest BCUT2D eigenvalue weighted by molar-refractivity contribution is 7.11. The predicted octanol–water partition coefficient (Wildman–Crippen LogP) is 2.17. The first kappa shape index (κ1) is 14.5. The molecule has 0 aromatic carbocycles. The Hall–Kier alpha value is -0.940. The SMILES string of the molecule is CC1CCNCC1NC(=O)c1scnc1C(C)(C)C. The number of piperidine rings is 1. The van der Waals surface area contributed by atoms with E-state index in [4.69, 9.17) is 0 Å². The molecule has 0 spiro atoms. The molecule has 106 valence electrons. The molecule has 1 fully saturated rings. The Labute approximate surface area is 119 Å². The summed E-state index contributed by atoms with van der Waals surface area (Å²) in [6.07, 6.45) is 1.11. The zero-order valence-electron chi connectivity index (χ0n) is 12.1. The third kappa shape index (κ3) is 3.34. The lowest BCUT2D eigenvalue weighted by atomic mass is 9.90. The van der Waals surface area contributed by atoms with Crippen molar-refractivity contribution in [1.82, 2.24) is 15.6 Å². The fourth-order valence-electron chi connectivity index (χ4n) is 2.36. The molecule has 2 heterocycles. The summed E-state index contributed by atoms with van der Waals surface area (Å²) in [5.41, 5.74) is 2.56. The normalized spacial score (nSPS) is 24.2. The zero-order chi connectivity index (χ0) is 14.0. The van der Waals surface area contributed by atoms with Crippen molar-refractivity contribution in [3.8, 4) is 0 Å². The summed E-state index contributed by atoms with van der Waals surface area (Å²) in [7, 11) is 0. The molecule has 1 aliphatic rings. The van der Waals surface area contributed by atoms with Gasteiger partial charge in [-0.3, -0.25) is 4.79 Å². The lowest BCUT2D eigenvalue weighted by molar-refractivity contribution is 0.0917. The maximum atomic E-state index is 12.4. The summed E-state index contributed by atoms with van der Waals surface area (Å²) in [6, 6.07) is 0.219. The van der Waals surface area contributed by atoms with Crippen molar-refractivity contribution in [2.75, 3.05) is 13.1 Å². The van der Waals surface area contributed by atoms with Crippen LogP contribution in [0.1, 0.15) is 49.5 Å². The molecule has 0 bridgehead atoms. The van der Waals surface area contributed by atoms with E-state index in [-0.39, 0.29) is 17.4 Å². The van der Waals surface area contributed by atoms with E-state index in [0.29, 0.717) is 5.92 Å². The summed E-state index contributed by atoms with van der Waals surface area (Å²) >= 11 is 1.43. The second-order valence-corrected chi connectivity index (χ2v) is 7.18. The molecule has 1 amide bonds. The van der Waals surface area contributed by atoms with Crippen molar-refractivity contribution in [3.05, 3.63) is 16.1 Å². The minimum absolute atomic E-state index is 0.0213. The van der Waals surface area contributed by atoms with Gasteiger partial charge in [0.05, 0.1) is 11.2 Å². The average molecular weight is 281 g/mol. The lowest BCUT2D eigenvalue weighted by Gasteiger charge is -2.30. The van der Waals surface area contributed by atoms with Crippen LogP contribution in [0.3, 0.4) is 0 Å². The van der Waals surface area contributed by atoms with E-state index in [0.717, 1.165) is 30.1 Å². The molecule has 1 saturated heterocycles. The van der Waals surface area contributed by atoms with Crippen molar-refractivity contribution in [2.45, 2.75) is 45.6 Å². The first-order valence-corrected chi connectivity index (χ1v) is 7.73. The molecule has 5 heteroatoms. The minimum atomic E-state index is -0.0941. The third-order valence-corrected chi connectivity index (χ3v) is 4.45. The Morgan fingerprint density at radius 1 is 1.53 bits per heavy atom. The molecule has 2 N–H and O–H groups in total. The number of rotatable bonds is 2. The Morgan fingerprint density at radius 3 is 2.89 bits per heavy atom. The number of aromatic nitrogens is 1. The molecule has 19 heavy (non-hydrogen) atoms. The van der Waals surface area contributed by atoms with E-state index in [1.807, 2.05) is 0 Å². The number of carbonyl (C=O) groups is 1. The van der Waals surface area contributed by atoms with Gasteiger partial charge in [-0.2, -0.15) is 0 Å². The standard InChI is InChI=1S/C14H23N3OS/c1-9-5-6-15-7-10(9)17-13(18)11-12(14(2,3)4)16-8-19-11/h8-10,15H,5-7H2,1-4H3,(H,17,18). The van der Waals surface area contributed by atoms with Crippen molar-refractivity contribution >= 4 is 17.2 Å². The van der Waals surface area contributed by atoms with Crippen LogP contribution in [0.25, 0.3) is 0 Å². The van der Waals surface area contributed by atoms with Gasteiger partial charge in [0.15, 0.2) is 0 Å². The van der Waals surface area contributed by atoms with Crippen LogP contribution in [0.15, 0.2) is 5.51 Å². The van der Waals surface area contributed by atoms with E-state index < -0.39 is 0 Å². The van der Waals surface area contributed by atoms with Crippen LogP contribution in [0.4, 0.5) is 0 Å². The summed E-state index contributed by atoms with van der Waals surface area (Å²) in [5.74, 6) is 0.546. The number of nitrogens with one attached hydrogen (secondary N) is 2. The fraction of sp³-hybridized carbons (Fsp3) is 0.714. The average Bonchev–Trinajstić information content (AvgIpc) is 2.81. The monoisotopic (exact) mass is 281 g/mol. The van der Waals surface area contributed by atoms with Gasteiger partial charge in [-0.1, -0.05) is 27.7 Å². The molecular formula is C14H23N3OS. The van der Waals surface area contributed by atoms with Crippen LogP contribution in [0.2, 0.25) is 0 Å². The largest absolute Gasteiger partial charge is 0.347 e. The van der Waals surface area contributed by atoms with E-state index in [9.17, 15) is 4.79 Å². The summed E-state index contributed by atoms with van der Waals surface area (Å²) in [6.45, 7) is 10.4. The van der Waals surface area contributed by atoms with E-state index in [1.165, 1.54) is 11.3 Å². The Balaban J connectivity index is 2.10. The molecule has 1 aromatic heterocycles. The van der Waals surface area contributed by atoms with Crippen LogP contribution in [-0.4, -0.2) is 30.0 Å². The number of amides is 1. The van der Waals surface area contributed by atoms with Gasteiger partial charge in [0.1, 0.15) is 4.88 Å². The maximum absolute atomic E-state index is 12.4. The van der Waals surface area contributed by atoms with Crippen LogP contribution in [0.5, 0.6) is 0 Å². The van der Waals surface area contributed by atoms with Gasteiger partial charge >= 0.3 is 0 Å². The number of carbonyl (C=O) groups excluding carboxylic acids is 1. The van der Waals surface area contributed by atoms with Gasteiger partial charge in [0.25, 0.3) is 5.91 Å². The minimum Gasteiger partial charge on any atom is -0.347 e. The third-order valence-electron chi connectivity index (χ3n) is 3.63. The van der Waals surface area contributed by atoms with Gasteiger partial charge in [0.2, 0.25) is 0 Å². The van der Waals surface area contributed by atoms with Crippen molar-refractivity contribution in [2.24, 2.45) is 5.92 Å². The highest BCUT2D eigenvalue weighted by atomic mass is 32.1. The molecule has 1 aliphatic heterocycles. The number of thiazole rings is 1.